The number of fused-ring (bicyclic) bond motifs is 1. The van der Waals surface area contributed by atoms with Crippen LogP contribution in [0.2, 0.25) is 0 Å². The van der Waals surface area contributed by atoms with Crippen LogP contribution in [0.25, 0.3) is 27.3 Å². The summed E-state index contributed by atoms with van der Waals surface area (Å²) in [4.78, 5) is 16.1. The molecule has 0 unspecified atom stereocenters. The number of thiophene rings is 1. The molecule has 0 bridgehead atoms. The molecule has 0 aliphatic carbocycles. The minimum Gasteiger partial charge on any atom is -0.378 e. The molecular weight excluding hydrogens is 372 g/mol. The first kappa shape index (κ1) is 17.2. The van der Waals surface area contributed by atoms with Gasteiger partial charge in [-0.3, -0.25) is 4.79 Å². The van der Waals surface area contributed by atoms with E-state index in [1.165, 1.54) is 0 Å². The molecule has 1 aliphatic rings. The van der Waals surface area contributed by atoms with Crippen LogP contribution in [0.5, 0.6) is 0 Å². The fraction of sp³-hybridized carbons (Fsp3) is 0.238. The summed E-state index contributed by atoms with van der Waals surface area (Å²) < 4.78 is 9.29. The summed E-state index contributed by atoms with van der Waals surface area (Å²) in [6.07, 6.45) is 0. The monoisotopic (exact) mass is 392 g/mol. The normalized spacial score (nSPS) is 14.7. The maximum absolute atomic E-state index is 13.2. The number of ether oxygens (including phenoxy) is 1. The number of nitrogens with zero attached hydrogens (tertiary/aromatic N) is 4. The number of hydrogen-bond acceptors (Lipinski definition) is 4. The van der Waals surface area contributed by atoms with Crippen molar-refractivity contribution in [3.8, 4) is 16.3 Å². The average Bonchev–Trinajstić information content (AvgIpc) is 3.46. The van der Waals surface area contributed by atoms with Crippen LogP contribution in [0, 0.1) is 0 Å². The second kappa shape index (κ2) is 6.92. The van der Waals surface area contributed by atoms with Crippen molar-refractivity contribution in [2.24, 2.45) is 7.05 Å². The Morgan fingerprint density at radius 1 is 1.11 bits per heavy atom. The minimum atomic E-state index is 0.0405. The smallest absolute Gasteiger partial charge is 0.270 e. The van der Waals surface area contributed by atoms with Crippen LogP contribution in [-0.2, 0) is 11.8 Å². The van der Waals surface area contributed by atoms with Gasteiger partial charge in [-0.15, -0.1) is 11.3 Å². The number of para-hydroxylation sites is 1. The fourth-order valence-corrected chi connectivity index (χ4v) is 4.43. The molecule has 0 radical (unpaired) electrons. The molecule has 0 N–H and O–H groups in total. The molecule has 1 aliphatic heterocycles. The highest BCUT2D eigenvalue weighted by Gasteiger charge is 2.26. The van der Waals surface area contributed by atoms with E-state index in [4.69, 9.17) is 9.84 Å². The molecule has 1 aromatic carbocycles. The van der Waals surface area contributed by atoms with Gasteiger partial charge in [0.1, 0.15) is 17.0 Å². The number of hydrogen-bond donors (Lipinski definition) is 0. The van der Waals surface area contributed by atoms with Crippen molar-refractivity contribution in [1.82, 2.24) is 19.2 Å². The van der Waals surface area contributed by atoms with E-state index in [1.807, 2.05) is 69.0 Å². The Morgan fingerprint density at radius 3 is 2.61 bits per heavy atom. The average molecular weight is 392 g/mol. The lowest BCUT2D eigenvalue weighted by molar-refractivity contribution is 0.0297. The Kier molecular flexibility index (Phi) is 4.26. The van der Waals surface area contributed by atoms with Gasteiger partial charge in [-0.2, -0.15) is 5.10 Å². The van der Waals surface area contributed by atoms with Gasteiger partial charge in [0.25, 0.3) is 5.91 Å². The van der Waals surface area contributed by atoms with Gasteiger partial charge in [0, 0.05) is 25.5 Å². The van der Waals surface area contributed by atoms with Gasteiger partial charge in [-0.1, -0.05) is 24.3 Å². The maximum atomic E-state index is 13.2. The first-order valence-electron chi connectivity index (χ1n) is 9.29. The van der Waals surface area contributed by atoms with Crippen LogP contribution >= 0.6 is 11.3 Å². The van der Waals surface area contributed by atoms with E-state index in [9.17, 15) is 4.79 Å². The summed E-state index contributed by atoms with van der Waals surface area (Å²) in [5.41, 5.74) is 3.48. The first-order chi connectivity index (χ1) is 13.7. The summed E-state index contributed by atoms with van der Waals surface area (Å²) in [6.45, 7) is 2.44. The second-order valence-corrected chi connectivity index (χ2v) is 7.75. The molecule has 4 aromatic rings. The number of aryl methyl sites for hydroxylation is 1. The minimum absolute atomic E-state index is 0.0405. The lowest BCUT2D eigenvalue weighted by atomic mass is 10.2. The summed E-state index contributed by atoms with van der Waals surface area (Å²) in [5.74, 6) is 0.0405. The van der Waals surface area contributed by atoms with E-state index in [1.54, 1.807) is 11.3 Å². The molecule has 28 heavy (non-hydrogen) atoms. The van der Waals surface area contributed by atoms with Crippen molar-refractivity contribution in [2.75, 3.05) is 26.3 Å². The molecular formula is C21H20N4O2S. The fourth-order valence-electron chi connectivity index (χ4n) is 3.70. The number of morpholine rings is 1. The summed E-state index contributed by atoms with van der Waals surface area (Å²) >= 11 is 1.65. The number of benzene rings is 1. The predicted molar refractivity (Wildman–Crippen MR) is 110 cm³/mol. The van der Waals surface area contributed by atoms with Crippen LogP contribution in [0.15, 0.2) is 53.9 Å². The van der Waals surface area contributed by atoms with Crippen molar-refractivity contribution in [3.05, 3.63) is 59.6 Å². The zero-order chi connectivity index (χ0) is 19.1. The molecule has 1 amide bonds. The van der Waals surface area contributed by atoms with Gasteiger partial charge in [0.2, 0.25) is 0 Å². The summed E-state index contributed by atoms with van der Waals surface area (Å²) in [7, 11) is 1.94. The number of amides is 1. The van der Waals surface area contributed by atoms with Crippen molar-refractivity contribution in [2.45, 2.75) is 0 Å². The SMILES string of the molecule is Cn1c(C(=O)N2CCOCC2)cc2c(-c3cccs3)nn(-c3ccccc3)c21. The predicted octanol–water partition coefficient (Wildman–Crippen LogP) is 3.56. The quantitative estimate of drug-likeness (QED) is 0.536. The van der Waals surface area contributed by atoms with Gasteiger partial charge >= 0.3 is 0 Å². The number of carbonyl (C=O) groups is 1. The van der Waals surface area contributed by atoms with Crippen molar-refractivity contribution >= 4 is 28.3 Å². The zero-order valence-electron chi connectivity index (χ0n) is 15.5. The third kappa shape index (κ3) is 2.75. The summed E-state index contributed by atoms with van der Waals surface area (Å²) in [6, 6.07) is 16.1. The highest BCUT2D eigenvalue weighted by Crippen LogP contribution is 2.34. The van der Waals surface area contributed by atoms with E-state index in [-0.39, 0.29) is 5.91 Å². The summed E-state index contributed by atoms with van der Waals surface area (Å²) in [5, 5.41) is 7.94. The molecule has 0 saturated carbocycles. The van der Waals surface area contributed by atoms with E-state index in [2.05, 4.69) is 6.07 Å². The van der Waals surface area contributed by atoms with Crippen molar-refractivity contribution in [1.29, 1.82) is 0 Å². The van der Waals surface area contributed by atoms with Crippen molar-refractivity contribution in [3.63, 3.8) is 0 Å². The molecule has 7 heteroatoms. The number of aromatic nitrogens is 3. The largest absolute Gasteiger partial charge is 0.378 e. The molecule has 142 valence electrons. The molecule has 5 rings (SSSR count). The molecule has 0 spiro atoms. The molecule has 0 atom stereocenters. The maximum Gasteiger partial charge on any atom is 0.270 e. The first-order valence-corrected chi connectivity index (χ1v) is 10.2. The lowest BCUT2D eigenvalue weighted by Crippen LogP contribution is -2.41. The Hall–Kier alpha value is -2.90. The second-order valence-electron chi connectivity index (χ2n) is 6.80. The van der Waals surface area contributed by atoms with E-state index in [0.29, 0.717) is 32.0 Å². The standard InChI is InChI=1S/C21H20N4O2S/c1-23-17(21(26)24-9-11-27-12-10-24)14-16-19(18-8-5-13-28-18)22-25(20(16)23)15-6-3-2-4-7-15/h2-8,13-14H,9-12H2,1H3. The van der Waals surface area contributed by atoms with E-state index < -0.39 is 0 Å². The highest BCUT2D eigenvalue weighted by atomic mass is 32.1. The Bertz CT molecular complexity index is 1120. The zero-order valence-corrected chi connectivity index (χ0v) is 16.4. The van der Waals surface area contributed by atoms with Crippen LogP contribution in [0.1, 0.15) is 10.5 Å². The van der Waals surface area contributed by atoms with Gasteiger partial charge in [0.05, 0.1) is 23.8 Å². The van der Waals surface area contributed by atoms with Gasteiger partial charge in [0.15, 0.2) is 0 Å². The van der Waals surface area contributed by atoms with E-state index in [0.717, 1.165) is 27.3 Å². The van der Waals surface area contributed by atoms with E-state index >= 15 is 0 Å². The van der Waals surface area contributed by atoms with Crippen LogP contribution in [0.4, 0.5) is 0 Å². The number of carbonyl (C=O) groups excluding carboxylic acids is 1. The topological polar surface area (TPSA) is 52.3 Å². The molecule has 3 aromatic heterocycles. The van der Waals surface area contributed by atoms with Gasteiger partial charge in [-0.05, 0) is 29.6 Å². The molecule has 6 nitrogen and oxygen atoms in total. The van der Waals surface area contributed by atoms with Gasteiger partial charge < -0.3 is 14.2 Å². The van der Waals surface area contributed by atoms with Crippen molar-refractivity contribution < 1.29 is 9.53 Å². The van der Waals surface area contributed by atoms with Gasteiger partial charge in [-0.25, -0.2) is 4.68 Å². The highest BCUT2D eigenvalue weighted by molar-refractivity contribution is 7.13. The Morgan fingerprint density at radius 2 is 1.89 bits per heavy atom. The third-order valence-electron chi connectivity index (χ3n) is 5.13. The third-order valence-corrected chi connectivity index (χ3v) is 6.01. The number of rotatable bonds is 3. The Labute approximate surface area is 166 Å². The molecule has 4 heterocycles. The lowest BCUT2D eigenvalue weighted by Gasteiger charge is -2.26. The Balaban J connectivity index is 1.70. The molecule has 1 fully saturated rings. The molecule has 1 saturated heterocycles. The van der Waals surface area contributed by atoms with Crippen LogP contribution < -0.4 is 0 Å². The van der Waals surface area contributed by atoms with Crippen LogP contribution in [0.3, 0.4) is 0 Å². The van der Waals surface area contributed by atoms with Crippen LogP contribution in [-0.4, -0.2) is 51.5 Å².